The molecule has 1 aliphatic rings. The van der Waals surface area contributed by atoms with Gasteiger partial charge in [-0.3, -0.25) is 9.67 Å². The van der Waals surface area contributed by atoms with Gasteiger partial charge >= 0.3 is 0 Å². The van der Waals surface area contributed by atoms with E-state index in [9.17, 15) is 0 Å². The Labute approximate surface area is 105 Å². The van der Waals surface area contributed by atoms with Gasteiger partial charge in [0.25, 0.3) is 0 Å². The predicted molar refractivity (Wildman–Crippen MR) is 67.2 cm³/mol. The molecule has 3 heterocycles. The molecule has 0 amide bonds. The zero-order valence-corrected chi connectivity index (χ0v) is 10.1. The molecular formula is C12H13ClN4. The van der Waals surface area contributed by atoms with Gasteiger partial charge in [-0.05, 0) is 18.6 Å². The lowest BCUT2D eigenvalue weighted by molar-refractivity contribution is 0.455. The summed E-state index contributed by atoms with van der Waals surface area (Å²) in [6.45, 7) is 0.961. The second-order valence-electron chi connectivity index (χ2n) is 4.24. The first-order chi connectivity index (χ1) is 8.33. The van der Waals surface area contributed by atoms with Crippen molar-refractivity contribution in [1.29, 1.82) is 0 Å². The molecule has 4 nitrogen and oxygen atoms in total. The van der Waals surface area contributed by atoms with Crippen molar-refractivity contribution in [3.05, 3.63) is 41.4 Å². The van der Waals surface area contributed by atoms with Crippen molar-refractivity contribution in [2.45, 2.75) is 25.4 Å². The summed E-state index contributed by atoms with van der Waals surface area (Å²) < 4.78 is 2.06. The van der Waals surface area contributed by atoms with E-state index in [-0.39, 0.29) is 0 Å². The van der Waals surface area contributed by atoms with Crippen LogP contribution in [0, 0.1) is 0 Å². The number of nitrogens with one attached hydrogen (secondary N) is 1. The number of nitrogens with zero attached hydrogens (tertiary/aromatic N) is 3. The highest BCUT2D eigenvalue weighted by atomic mass is 35.5. The van der Waals surface area contributed by atoms with Crippen LogP contribution in [0.5, 0.6) is 0 Å². The van der Waals surface area contributed by atoms with E-state index < -0.39 is 0 Å². The van der Waals surface area contributed by atoms with Gasteiger partial charge < -0.3 is 5.32 Å². The van der Waals surface area contributed by atoms with Gasteiger partial charge in [0.1, 0.15) is 0 Å². The lowest BCUT2D eigenvalue weighted by atomic mass is 10.0. The summed E-state index contributed by atoms with van der Waals surface area (Å²) in [7, 11) is 0. The van der Waals surface area contributed by atoms with Crippen molar-refractivity contribution < 1.29 is 0 Å². The number of rotatable bonds is 2. The number of halogens is 1. The Morgan fingerprint density at radius 1 is 1.35 bits per heavy atom. The molecule has 0 bridgehead atoms. The Kier molecular flexibility index (Phi) is 2.73. The maximum absolute atomic E-state index is 6.08. The van der Waals surface area contributed by atoms with Gasteiger partial charge in [0, 0.05) is 43.3 Å². The maximum atomic E-state index is 6.08. The monoisotopic (exact) mass is 248 g/mol. The number of aromatic nitrogens is 3. The Balaban J connectivity index is 1.74. The second kappa shape index (κ2) is 4.37. The number of pyridine rings is 1. The fourth-order valence-electron chi connectivity index (χ4n) is 2.20. The van der Waals surface area contributed by atoms with Crippen LogP contribution in [-0.2, 0) is 13.0 Å². The van der Waals surface area contributed by atoms with Crippen molar-refractivity contribution in [2.75, 3.05) is 5.32 Å². The minimum Gasteiger partial charge on any atom is -0.381 e. The summed E-state index contributed by atoms with van der Waals surface area (Å²) in [5.74, 6) is 0. The number of hydrogen-bond acceptors (Lipinski definition) is 3. The molecule has 88 valence electrons. The molecule has 0 radical (unpaired) electrons. The highest BCUT2D eigenvalue weighted by Crippen LogP contribution is 2.23. The van der Waals surface area contributed by atoms with Crippen molar-refractivity contribution in [3.63, 3.8) is 0 Å². The summed E-state index contributed by atoms with van der Waals surface area (Å²) in [4.78, 5) is 3.98. The summed E-state index contributed by atoms with van der Waals surface area (Å²) in [6, 6.07) is 4.40. The Bertz CT molecular complexity index is 523. The number of anilines is 1. The lowest BCUT2D eigenvalue weighted by Crippen LogP contribution is -2.30. The molecule has 2 aromatic heterocycles. The van der Waals surface area contributed by atoms with Gasteiger partial charge in [0.2, 0.25) is 0 Å². The fraction of sp³-hybridized carbons (Fsp3) is 0.333. The van der Waals surface area contributed by atoms with Crippen LogP contribution in [0.4, 0.5) is 5.69 Å². The van der Waals surface area contributed by atoms with Crippen LogP contribution in [0.15, 0.2) is 30.7 Å². The quantitative estimate of drug-likeness (QED) is 0.887. The van der Waals surface area contributed by atoms with Gasteiger partial charge in [-0.2, -0.15) is 5.10 Å². The van der Waals surface area contributed by atoms with Crippen LogP contribution in [0.25, 0.3) is 0 Å². The van der Waals surface area contributed by atoms with Crippen LogP contribution in [-0.4, -0.2) is 20.8 Å². The Morgan fingerprint density at radius 3 is 3.18 bits per heavy atom. The topological polar surface area (TPSA) is 42.7 Å². The van der Waals surface area contributed by atoms with Crippen LogP contribution in [0.2, 0.25) is 5.02 Å². The van der Waals surface area contributed by atoms with E-state index in [2.05, 4.69) is 26.1 Å². The summed E-state index contributed by atoms with van der Waals surface area (Å²) in [5.41, 5.74) is 2.23. The number of hydrogen-bond donors (Lipinski definition) is 1. The molecule has 0 saturated heterocycles. The molecule has 0 aromatic carbocycles. The molecular weight excluding hydrogens is 236 g/mol. The fourth-order valence-corrected chi connectivity index (χ4v) is 2.38. The lowest BCUT2D eigenvalue weighted by Gasteiger charge is -2.25. The highest BCUT2D eigenvalue weighted by molar-refractivity contribution is 6.33. The van der Waals surface area contributed by atoms with Gasteiger partial charge in [-0.1, -0.05) is 11.6 Å². The molecule has 0 fully saturated rings. The van der Waals surface area contributed by atoms with Crippen molar-refractivity contribution in [1.82, 2.24) is 14.8 Å². The van der Waals surface area contributed by atoms with E-state index in [1.54, 1.807) is 12.4 Å². The predicted octanol–water partition coefficient (Wildman–Crippen LogP) is 2.36. The Morgan fingerprint density at radius 2 is 2.29 bits per heavy atom. The van der Waals surface area contributed by atoms with Crippen molar-refractivity contribution in [3.8, 4) is 0 Å². The molecule has 1 atom stereocenters. The van der Waals surface area contributed by atoms with Crippen LogP contribution >= 0.6 is 11.6 Å². The first kappa shape index (κ1) is 10.6. The molecule has 17 heavy (non-hydrogen) atoms. The molecule has 0 saturated carbocycles. The van der Waals surface area contributed by atoms with E-state index in [1.165, 1.54) is 5.69 Å². The highest BCUT2D eigenvalue weighted by Gasteiger charge is 2.19. The van der Waals surface area contributed by atoms with E-state index >= 15 is 0 Å². The van der Waals surface area contributed by atoms with Gasteiger partial charge in [-0.25, -0.2) is 0 Å². The number of fused-ring (bicyclic) bond motifs is 1. The average molecular weight is 249 g/mol. The van der Waals surface area contributed by atoms with Crippen molar-refractivity contribution in [2.24, 2.45) is 0 Å². The molecule has 1 N–H and O–H groups in total. The van der Waals surface area contributed by atoms with E-state index in [0.717, 1.165) is 25.1 Å². The Hall–Kier alpha value is -1.55. The molecule has 1 unspecified atom stereocenters. The first-order valence-electron chi connectivity index (χ1n) is 5.69. The number of aryl methyl sites for hydroxylation is 1. The SMILES string of the molecule is Clc1cnccc1NC1CCn2nccc2C1. The molecule has 5 heteroatoms. The van der Waals surface area contributed by atoms with E-state index in [1.807, 2.05) is 12.3 Å². The average Bonchev–Trinajstić information content (AvgIpc) is 2.79. The normalized spacial score (nSPS) is 18.8. The molecule has 3 rings (SSSR count). The minimum absolute atomic E-state index is 0.416. The van der Waals surface area contributed by atoms with Gasteiger partial charge in [0.05, 0.1) is 10.7 Å². The standard InChI is InChI=1S/C12H13ClN4/c13-11-8-14-4-2-12(11)16-9-3-6-17-10(7-9)1-5-15-17/h1-2,4-5,8-9H,3,6-7H2,(H,14,16). The van der Waals surface area contributed by atoms with Crippen LogP contribution in [0.1, 0.15) is 12.1 Å². The smallest absolute Gasteiger partial charge is 0.0820 e. The summed E-state index contributed by atoms with van der Waals surface area (Å²) >= 11 is 6.08. The zero-order chi connectivity index (χ0) is 11.7. The summed E-state index contributed by atoms with van der Waals surface area (Å²) in [6.07, 6.45) is 7.32. The molecule has 1 aliphatic heterocycles. The van der Waals surface area contributed by atoms with Gasteiger partial charge in [-0.15, -0.1) is 0 Å². The van der Waals surface area contributed by atoms with E-state index in [4.69, 9.17) is 11.6 Å². The minimum atomic E-state index is 0.416. The molecule has 0 spiro atoms. The third kappa shape index (κ3) is 2.13. The first-order valence-corrected chi connectivity index (χ1v) is 6.07. The van der Waals surface area contributed by atoms with Crippen LogP contribution in [0.3, 0.4) is 0 Å². The zero-order valence-electron chi connectivity index (χ0n) is 9.31. The second-order valence-corrected chi connectivity index (χ2v) is 4.64. The third-order valence-corrected chi connectivity index (χ3v) is 3.38. The maximum Gasteiger partial charge on any atom is 0.0820 e. The van der Waals surface area contributed by atoms with Crippen molar-refractivity contribution >= 4 is 17.3 Å². The third-order valence-electron chi connectivity index (χ3n) is 3.08. The molecule has 2 aromatic rings. The van der Waals surface area contributed by atoms with Gasteiger partial charge in [0.15, 0.2) is 0 Å². The largest absolute Gasteiger partial charge is 0.381 e. The van der Waals surface area contributed by atoms with Crippen LogP contribution < -0.4 is 5.32 Å². The summed E-state index contributed by atoms with van der Waals surface area (Å²) in [5, 5.41) is 8.41. The molecule has 0 aliphatic carbocycles. The van der Waals surface area contributed by atoms with E-state index in [0.29, 0.717) is 11.1 Å².